The van der Waals surface area contributed by atoms with Crippen LogP contribution in [0.2, 0.25) is 10.0 Å². The number of amides is 1. The monoisotopic (exact) mass is 501 g/mol. The van der Waals surface area contributed by atoms with Crippen molar-refractivity contribution in [3.8, 4) is 18.1 Å². The van der Waals surface area contributed by atoms with E-state index in [2.05, 4.69) is 10.9 Å². The second kappa shape index (κ2) is 11.1. The van der Waals surface area contributed by atoms with Crippen molar-refractivity contribution in [3.05, 3.63) is 79.9 Å². The summed E-state index contributed by atoms with van der Waals surface area (Å²) in [6.45, 7) is 1.79. The Morgan fingerprint density at radius 2 is 1.97 bits per heavy atom. The molecule has 0 saturated carbocycles. The lowest BCUT2D eigenvalue weighted by Crippen LogP contribution is -2.14. The van der Waals surface area contributed by atoms with E-state index in [4.69, 9.17) is 39.1 Å². The van der Waals surface area contributed by atoms with Gasteiger partial charge in [0.05, 0.1) is 27.1 Å². The van der Waals surface area contributed by atoms with Gasteiger partial charge in [0.25, 0.3) is 5.91 Å². The van der Waals surface area contributed by atoms with Crippen LogP contribution in [0, 0.1) is 12.3 Å². The summed E-state index contributed by atoms with van der Waals surface area (Å²) in [5, 5.41) is 11.3. The lowest BCUT2D eigenvalue weighted by Gasteiger charge is -2.06. The molecule has 1 heterocycles. The number of carbonyl (C=O) groups is 2. The van der Waals surface area contributed by atoms with E-state index in [-0.39, 0.29) is 45.1 Å². The number of hydrogen-bond donors (Lipinski definition) is 1. The number of halogens is 2. The number of terminal acetylenes is 1. The summed E-state index contributed by atoms with van der Waals surface area (Å²) in [4.78, 5) is 29.5. The van der Waals surface area contributed by atoms with Gasteiger partial charge < -0.3 is 14.6 Å². The van der Waals surface area contributed by atoms with Crippen molar-refractivity contribution in [3.63, 3.8) is 0 Å². The number of ether oxygens (including phenoxy) is 2. The van der Waals surface area contributed by atoms with Gasteiger partial charge in [-0.2, -0.15) is 0 Å². The highest BCUT2D eigenvalue weighted by Gasteiger charge is 2.34. The third kappa shape index (κ3) is 5.79. The Morgan fingerprint density at radius 1 is 1.21 bits per heavy atom. The molecule has 168 valence electrons. The summed E-state index contributed by atoms with van der Waals surface area (Å²) in [5.41, 5.74) is 0.583. The van der Waals surface area contributed by atoms with Crippen molar-refractivity contribution in [1.29, 1.82) is 0 Å². The van der Waals surface area contributed by atoms with Crippen LogP contribution in [0.1, 0.15) is 22.8 Å². The summed E-state index contributed by atoms with van der Waals surface area (Å²) in [5.74, 6) is 0.961. The molecule has 1 aliphatic rings. The van der Waals surface area contributed by atoms with Crippen LogP contribution in [0.3, 0.4) is 0 Å². The van der Waals surface area contributed by atoms with Crippen LogP contribution in [0.4, 0.5) is 0 Å². The van der Waals surface area contributed by atoms with E-state index in [0.717, 1.165) is 11.8 Å². The number of rotatable bonds is 6. The lowest BCUT2D eigenvalue weighted by atomic mass is 10.1. The number of nitrogens with zero attached hydrogens (tertiary/aromatic N) is 1. The predicted octanol–water partition coefficient (Wildman–Crippen LogP) is 5.71. The molecule has 0 bridgehead atoms. The molecule has 6 nitrogen and oxygen atoms in total. The highest BCUT2D eigenvalue weighted by molar-refractivity contribution is 8.18. The van der Waals surface area contributed by atoms with Crippen molar-refractivity contribution in [1.82, 2.24) is 0 Å². The Bertz CT molecular complexity index is 1240. The smallest absolute Gasteiger partial charge is 0.344 e. The molecule has 0 aromatic heterocycles. The third-order valence-electron chi connectivity index (χ3n) is 4.24. The first-order chi connectivity index (χ1) is 15.8. The van der Waals surface area contributed by atoms with Gasteiger partial charge in [-0.1, -0.05) is 59.1 Å². The van der Waals surface area contributed by atoms with Gasteiger partial charge in [0, 0.05) is 0 Å². The number of esters is 1. The molecule has 0 aliphatic carbocycles. The van der Waals surface area contributed by atoms with Crippen molar-refractivity contribution in [2.24, 2.45) is 4.99 Å². The molecule has 2 aromatic rings. The minimum Gasteiger partial charge on any atom is -0.506 e. The largest absolute Gasteiger partial charge is 0.506 e. The summed E-state index contributed by atoms with van der Waals surface area (Å²) >= 11 is 13.3. The molecule has 0 fully saturated rings. The zero-order valence-electron chi connectivity index (χ0n) is 17.3. The molecule has 2 aromatic carbocycles. The van der Waals surface area contributed by atoms with Crippen LogP contribution in [0.25, 0.3) is 6.08 Å². The number of aliphatic imine (C=N–C) groups is 1. The maximum absolute atomic E-state index is 12.7. The summed E-state index contributed by atoms with van der Waals surface area (Å²) in [6.07, 6.45) is 6.78. The summed E-state index contributed by atoms with van der Waals surface area (Å²) < 4.78 is 10.4. The number of thioether (sulfide) groups is 1. The number of hydrogen-bond acceptors (Lipinski definition) is 6. The van der Waals surface area contributed by atoms with Crippen molar-refractivity contribution in [2.75, 3.05) is 13.2 Å². The first-order valence-electron chi connectivity index (χ1n) is 9.59. The molecule has 0 saturated heterocycles. The fourth-order valence-electron chi connectivity index (χ4n) is 2.77. The predicted molar refractivity (Wildman–Crippen MR) is 131 cm³/mol. The molecule has 0 atom stereocenters. The van der Waals surface area contributed by atoms with Crippen LogP contribution in [-0.4, -0.2) is 35.2 Å². The highest BCUT2D eigenvalue weighted by Crippen LogP contribution is 2.40. The molecule has 0 spiro atoms. The topological polar surface area (TPSA) is 85.2 Å². The fourth-order valence-corrected chi connectivity index (χ4v) is 4.25. The Labute approximate surface area is 204 Å². The highest BCUT2D eigenvalue weighted by atomic mass is 35.5. The molecule has 1 N–H and O–H groups in total. The number of carbonyl (C=O) groups excluding carboxylic acids is 2. The molecule has 0 unspecified atom stereocenters. The average molecular weight is 502 g/mol. The van der Waals surface area contributed by atoms with E-state index >= 15 is 0 Å². The van der Waals surface area contributed by atoms with E-state index in [1.54, 1.807) is 49.4 Å². The Kier molecular flexibility index (Phi) is 8.23. The van der Waals surface area contributed by atoms with Gasteiger partial charge in [-0.05, 0) is 42.8 Å². The molecule has 33 heavy (non-hydrogen) atoms. The Balaban J connectivity index is 1.99. The van der Waals surface area contributed by atoms with Crippen molar-refractivity contribution < 1.29 is 24.2 Å². The SMILES string of the molecule is C#CCOc1ccc(C=C2SC(=NC(=O)c3ccccc3Cl)C(C(=O)OCC)=C2O)cc1Cl. The van der Waals surface area contributed by atoms with Gasteiger partial charge in [0.15, 0.2) is 0 Å². The van der Waals surface area contributed by atoms with E-state index in [9.17, 15) is 14.7 Å². The standard InChI is InChI=1S/C24H17Cl2NO5S/c1-3-11-32-18-10-9-14(12-17(18)26)13-19-21(28)20(24(30)31-4-2)23(33-19)27-22(29)15-7-5-6-8-16(15)25/h1,5-10,12-13,28H,4,11H2,2H3. The van der Waals surface area contributed by atoms with E-state index in [1.165, 1.54) is 6.07 Å². The second-order valence-corrected chi connectivity index (χ2v) is 8.28. The molecule has 9 heteroatoms. The third-order valence-corrected chi connectivity index (χ3v) is 5.89. The normalized spacial score (nSPS) is 15.6. The van der Waals surface area contributed by atoms with Crippen LogP contribution in [-0.2, 0) is 9.53 Å². The van der Waals surface area contributed by atoms with Crippen LogP contribution >= 0.6 is 35.0 Å². The van der Waals surface area contributed by atoms with Gasteiger partial charge in [0.1, 0.15) is 28.7 Å². The maximum atomic E-state index is 12.7. The molecular formula is C24H17Cl2NO5S. The zero-order chi connectivity index (χ0) is 24.0. The quantitative estimate of drug-likeness (QED) is 0.403. The van der Waals surface area contributed by atoms with Crippen molar-refractivity contribution in [2.45, 2.75) is 6.92 Å². The maximum Gasteiger partial charge on any atom is 0.344 e. The first-order valence-corrected chi connectivity index (χ1v) is 11.2. The van der Waals surface area contributed by atoms with E-state index < -0.39 is 11.9 Å². The van der Waals surface area contributed by atoms with E-state index in [1.807, 2.05) is 0 Å². The fraction of sp³-hybridized carbons (Fsp3) is 0.125. The van der Waals surface area contributed by atoms with Gasteiger partial charge in [0.2, 0.25) is 0 Å². The van der Waals surface area contributed by atoms with Crippen LogP contribution in [0.5, 0.6) is 5.75 Å². The second-order valence-electron chi connectivity index (χ2n) is 6.44. The van der Waals surface area contributed by atoms with Gasteiger partial charge in [-0.15, -0.1) is 6.42 Å². The molecule has 0 radical (unpaired) electrons. The average Bonchev–Trinajstić information content (AvgIpc) is 3.08. The summed E-state index contributed by atoms with van der Waals surface area (Å²) in [6, 6.07) is 11.4. The minimum atomic E-state index is -0.798. The Hall–Kier alpha value is -3.18. The molecule has 1 aliphatic heterocycles. The Morgan fingerprint density at radius 3 is 2.64 bits per heavy atom. The van der Waals surface area contributed by atoms with Crippen molar-refractivity contribution >= 4 is 58.0 Å². The van der Waals surface area contributed by atoms with E-state index in [0.29, 0.717) is 16.3 Å². The first kappa shape index (κ1) is 24.5. The van der Waals surface area contributed by atoms with Gasteiger partial charge >= 0.3 is 5.97 Å². The van der Waals surface area contributed by atoms with Crippen LogP contribution in [0.15, 0.2) is 63.7 Å². The lowest BCUT2D eigenvalue weighted by molar-refractivity contribution is -0.138. The number of aliphatic hydroxyl groups excluding tert-OH is 1. The van der Waals surface area contributed by atoms with Gasteiger partial charge in [-0.3, -0.25) is 4.79 Å². The minimum absolute atomic E-state index is 0.00203. The molecule has 3 rings (SSSR count). The number of benzene rings is 2. The zero-order valence-corrected chi connectivity index (χ0v) is 19.6. The summed E-state index contributed by atoms with van der Waals surface area (Å²) in [7, 11) is 0. The van der Waals surface area contributed by atoms with Crippen LogP contribution < -0.4 is 4.74 Å². The van der Waals surface area contributed by atoms with Gasteiger partial charge in [-0.25, -0.2) is 9.79 Å². The molecule has 1 amide bonds. The molecular weight excluding hydrogens is 485 g/mol. The number of aliphatic hydroxyl groups is 1.